The summed E-state index contributed by atoms with van der Waals surface area (Å²) >= 11 is 0. The molecular formula is C20H25N3O3. The van der Waals surface area contributed by atoms with E-state index < -0.39 is 0 Å². The van der Waals surface area contributed by atoms with E-state index in [-0.39, 0.29) is 5.91 Å². The first kappa shape index (κ1) is 18.3. The van der Waals surface area contributed by atoms with Gasteiger partial charge in [0.25, 0.3) is 0 Å². The lowest BCUT2D eigenvalue weighted by molar-refractivity contribution is -0.116. The Labute approximate surface area is 154 Å². The molecule has 26 heavy (non-hydrogen) atoms. The molecule has 0 atom stereocenters. The second-order valence-corrected chi connectivity index (χ2v) is 6.60. The van der Waals surface area contributed by atoms with Crippen molar-refractivity contribution in [1.29, 1.82) is 0 Å². The third-order valence-electron chi connectivity index (χ3n) is 4.54. The van der Waals surface area contributed by atoms with Gasteiger partial charge in [-0.3, -0.25) is 4.79 Å². The molecule has 1 saturated heterocycles. The van der Waals surface area contributed by atoms with Gasteiger partial charge >= 0.3 is 0 Å². The standard InChI is InChI=1S/C20H25N3O3/c1-15-2-3-18(12-19(15)26-13-16-7-10-25-11-8-16)23-20(24)5-4-17-6-9-21-14-22-17/h2-3,6,9,12,14,16H,4-5,7-8,10-11,13H2,1H3,(H,23,24). The van der Waals surface area contributed by atoms with E-state index in [4.69, 9.17) is 9.47 Å². The van der Waals surface area contributed by atoms with E-state index in [0.717, 1.165) is 48.7 Å². The molecule has 1 N–H and O–H groups in total. The van der Waals surface area contributed by atoms with E-state index in [9.17, 15) is 4.79 Å². The van der Waals surface area contributed by atoms with Gasteiger partial charge in [0.15, 0.2) is 0 Å². The molecule has 1 aliphatic heterocycles. The zero-order valence-corrected chi connectivity index (χ0v) is 15.1. The van der Waals surface area contributed by atoms with Crippen molar-refractivity contribution in [2.75, 3.05) is 25.1 Å². The van der Waals surface area contributed by atoms with Gasteiger partial charge in [-0.1, -0.05) is 6.07 Å². The van der Waals surface area contributed by atoms with Crippen molar-refractivity contribution in [3.63, 3.8) is 0 Å². The Kier molecular flexibility index (Phi) is 6.55. The average Bonchev–Trinajstić information content (AvgIpc) is 2.68. The molecule has 1 aromatic heterocycles. The maximum absolute atomic E-state index is 12.2. The minimum Gasteiger partial charge on any atom is -0.493 e. The van der Waals surface area contributed by atoms with Crippen LogP contribution >= 0.6 is 0 Å². The molecule has 2 aromatic rings. The van der Waals surface area contributed by atoms with E-state index in [1.54, 1.807) is 6.20 Å². The van der Waals surface area contributed by atoms with Gasteiger partial charge in [0.2, 0.25) is 5.91 Å². The predicted octanol–water partition coefficient (Wildman–Crippen LogP) is 3.16. The van der Waals surface area contributed by atoms with Crippen molar-refractivity contribution in [3.8, 4) is 5.75 Å². The van der Waals surface area contributed by atoms with Crippen LogP contribution in [-0.2, 0) is 16.0 Å². The van der Waals surface area contributed by atoms with Crippen molar-refractivity contribution < 1.29 is 14.3 Å². The number of amides is 1. The molecule has 6 nitrogen and oxygen atoms in total. The summed E-state index contributed by atoms with van der Waals surface area (Å²) in [5, 5.41) is 2.94. The summed E-state index contributed by atoms with van der Waals surface area (Å²) in [6.45, 7) is 4.33. The van der Waals surface area contributed by atoms with Crippen molar-refractivity contribution in [3.05, 3.63) is 48.0 Å². The fourth-order valence-corrected chi connectivity index (χ4v) is 2.89. The van der Waals surface area contributed by atoms with Crippen molar-refractivity contribution >= 4 is 11.6 Å². The molecule has 1 fully saturated rings. The van der Waals surface area contributed by atoms with Gasteiger partial charge in [0, 0.05) is 43.3 Å². The maximum Gasteiger partial charge on any atom is 0.224 e. The molecule has 1 aromatic carbocycles. The van der Waals surface area contributed by atoms with E-state index in [0.29, 0.717) is 25.4 Å². The Morgan fingerprint density at radius 2 is 2.15 bits per heavy atom. The zero-order valence-electron chi connectivity index (χ0n) is 15.1. The topological polar surface area (TPSA) is 73.3 Å². The van der Waals surface area contributed by atoms with Gasteiger partial charge in [0.1, 0.15) is 12.1 Å². The molecule has 0 radical (unpaired) electrons. The monoisotopic (exact) mass is 355 g/mol. The molecule has 1 aliphatic rings. The van der Waals surface area contributed by atoms with Gasteiger partial charge in [-0.15, -0.1) is 0 Å². The minimum atomic E-state index is -0.0390. The normalized spacial score (nSPS) is 14.8. The van der Waals surface area contributed by atoms with Gasteiger partial charge in [-0.2, -0.15) is 0 Å². The van der Waals surface area contributed by atoms with Crippen molar-refractivity contribution in [1.82, 2.24) is 9.97 Å². The van der Waals surface area contributed by atoms with Crippen LogP contribution in [0.1, 0.15) is 30.5 Å². The maximum atomic E-state index is 12.2. The second-order valence-electron chi connectivity index (χ2n) is 6.60. The van der Waals surface area contributed by atoms with Crippen LogP contribution in [0.4, 0.5) is 5.69 Å². The number of nitrogens with zero attached hydrogens (tertiary/aromatic N) is 2. The van der Waals surface area contributed by atoms with Crippen LogP contribution in [0.15, 0.2) is 36.8 Å². The molecule has 3 rings (SSSR count). The van der Waals surface area contributed by atoms with E-state index >= 15 is 0 Å². The number of rotatable bonds is 7. The summed E-state index contributed by atoms with van der Waals surface area (Å²) in [4.78, 5) is 20.2. The zero-order chi connectivity index (χ0) is 18.2. The number of ether oxygens (including phenoxy) is 2. The number of aromatic nitrogens is 2. The SMILES string of the molecule is Cc1ccc(NC(=O)CCc2ccncn2)cc1OCC1CCOCC1. The first-order valence-electron chi connectivity index (χ1n) is 9.06. The van der Waals surface area contributed by atoms with Crippen LogP contribution < -0.4 is 10.1 Å². The van der Waals surface area contributed by atoms with Crippen molar-refractivity contribution in [2.45, 2.75) is 32.6 Å². The molecule has 6 heteroatoms. The number of hydrogen-bond donors (Lipinski definition) is 1. The van der Waals surface area contributed by atoms with Gasteiger partial charge in [-0.25, -0.2) is 9.97 Å². The molecule has 0 spiro atoms. The van der Waals surface area contributed by atoms with Crippen molar-refractivity contribution in [2.24, 2.45) is 5.92 Å². The lowest BCUT2D eigenvalue weighted by atomic mass is 10.0. The highest BCUT2D eigenvalue weighted by Crippen LogP contribution is 2.25. The molecule has 0 aliphatic carbocycles. The summed E-state index contributed by atoms with van der Waals surface area (Å²) in [6, 6.07) is 7.59. The second kappa shape index (κ2) is 9.29. The van der Waals surface area contributed by atoms with Crippen LogP contribution in [0.2, 0.25) is 0 Å². The Bertz CT molecular complexity index is 715. The van der Waals surface area contributed by atoms with Crippen LogP contribution in [0.5, 0.6) is 5.75 Å². The minimum absolute atomic E-state index is 0.0390. The third kappa shape index (κ3) is 5.52. The average molecular weight is 355 g/mol. The van der Waals surface area contributed by atoms with E-state index in [2.05, 4.69) is 15.3 Å². The van der Waals surface area contributed by atoms with Crippen LogP contribution in [0, 0.1) is 12.8 Å². The highest BCUT2D eigenvalue weighted by Gasteiger charge is 2.15. The van der Waals surface area contributed by atoms with Crippen LogP contribution in [0.3, 0.4) is 0 Å². The van der Waals surface area contributed by atoms with Gasteiger partial charge in [0.05, 0.1) is 6.61 Å². The first-order valence-corrected chi connectivity index (χ1v) is 9.06. The first-order chi connectivity index (χ1) is 12.7. The van der Waals surface area contributed by atoms with Crippen LogP contribution in [-0.4, -0.2) is 35.7 Å². The third-order valence-corrected chi connectivity index (χ3v) is 4.54. The molecule has 1 amide bonds. The van der Waals surface area contributed by atoms with E-state index in [1.165, 1.54) is 6.33 Å². The Morgan fingerprint density at radius 3 is 2.92 bits per heavy atom. The Balaban J connectivity index is 1.51. The molecule has 2 heterocycles. The predicted molar refractivity (Wildman–Crippen MR) is 99.2 cm³/mol. The lowest BCUT2D eigenvalue weighted by Gasteiger charge is -2.22. The number of carbonyl (C=O) groups is 1. The summed E-state index contributed by atoms with van der Waals surface area (Å²) in [6.07, 6.45) is 6.23. The largest absolute Gasteiger partial charge is 0.493 e. The number of benzene rings is 1. The summed E-state index contributed by atoms with van der Waals surface area (Å²) in [5.74, 6) is 1.32. The smallest absolute Gasteiger partial charge is 0.224 e. The van der Waals surface area contributed by atoms with Crippen LogP contribution in [0.25, 0.3) is 0 Å². The highest BCUT2D eigenvalue weighted by atomic mass is 16.5. The van der Waals surface area contributed by atoms with Gasteiger partial charge < -0.3 is 14.8 Å². The molecule has 0 saturated carbocycles. The summed E-state index contributed by atoms with van der Waals surface area (Å²) in [7, 11) is 0. The number of hydrogen-bond acceptors (Lipinski definition) is 5. The van der Waals surface area contributed by atoms with E-state index in [1.807, 2.05) is 31.2 Å². The Morgan fingerprint density at radius 1 is 1.31 bits per heavy atom. The Hall–Kier alpha value is -2.47. The van der Waals surface area contributed by atoms with Gasteiger partial charge in [-0.05, 0) is 49.8 Å². The number of anilines is 1. The number of carbonyl (C=O) groups excluding carboxylic acids is 1. The number of aryl methyl sites for hydroxylation is 2. The molecule has 138 valence electrons. The molecule has 0 bridgehead atoms. The lowest BCUT2D eigenvalue weighted by Crippen LogP contribution is -2.21. The highest BCUT2D eigenvalue weighted by molar-refractivity contribution is 5.91. The fraction of sp³-hybridized carbons (Fsp3) is 0.450. The molecule has 0 unspecified atom stereocenters. The summed E-state index contributed by atoms with van der Waals surface area (Å²) < 4.78 is 11.4. The quantitative estimate of drug-likeness (QED) is 0.826. The number of nitrogens with one attached hydrogen (secondary N) is 1. The summed E-state index contributed by atoms with van der Waals surface area (Å²) in [5.41, 5.74) is 2.68. The molecular weight excluding hydrogens is 330 g/mol. The fourth-order valence-electron chi connectivity index (χ4n) is 2.89.